The van der Waals surface area contributed by atoms with Gasteiger partial charge in [-0.15, -0.1) is 0 Å². The molecule has 0 aliphatic carbocycles. The first-order valence-electron chi connectivity index (χ1n) is 7.01. The molecule has 21 heavy (non-hydrogen) atoms. The second-order valence-corrected chi connectivity index (χ2v) is 5.29. The van der Waals surface area contributed by atoms with Crippen LogP contribution in [0.25, 0.3) is 0 Å². The van der Waals surface area contributed by atoms with Crippen LogP contribution in [0.3, 0.4) is 0 Å². The van der Waals surface area contributed by atoms with E-state index >= 15 is 0 Å². The summed E-state index contributed by atoms with van der Waals surface area (Å²) in [4.78, 5) is 35.0. The van der Waals surface area contributed by atoms with Gasteiger partial charge in [0.1, 0.15) is 11.9 Å². The zero-order valence-corrected chi connectivity index (χ0v) is 12.3. The molecule has 1 N–H and O–H groups in total. The number of carboxylic acid groups (broad SMARTS) is 1. The molecule has 1 saturated heterocycles. The third kappa shape index (κ3) is 3.48. The van der Waals surface area contributed by atoms with E-state index < -0.39 is 12.0 Å². The SMILES string of the molecule is C[C@@H](C(=O)O)N(C)C(=O)C1CCN(c2cnccn2)CC1. The van der Waals surface area contributed by atoms with Gasteiger partial charge in [-0.3, -0.25) is 9.78 Å². The lowest BCUT2D eigenvalue weighted by molar-refractivity contribution is -0.150. The van der Waals surface area contributed by atoms with Crippen LogP contribution in [0, 0.1) is 5.92 Å². The zero-order valence-electron chi connectivity index (χ0n) is 12.3. The fourth-order valence-electron chi connectivity index (χ4n) is 2.45. The van der Waals surface area contributed by atoms with Crippen molar-refractivity contribution in [1.29, 1.82) is 0 Å². The molecule has 0 unspecified atom stereocenters. The largest absolute Gasteiger partial charge is 0.480 e. The Kier molecular flexibility index (Phi) is 4.72. The Morgan fingerprint density at radius 1 is 1.38 bits per heavy atom. The molecule has 1 aliphatic heterocycles. The van der Waals surface area contributed by atoms with E-state index in [4.69, 9.17) is 5.11 Å². The predicted molar refractivity (Wildman–Crippen MR) is 76.8 cm³/mol. The standard InChI is InChI=1S/C14H20N4O3/c1-10(14(20)21)17(2)13(19)11-3-7-18(8-4-11)12-9-15-5-6-16-12/h5-6,9-11H,3-4,7-8H2,1-2H3,(H,20,21)/t10-/m0/s1. The van der Waals surface area contributed by atoms with Gasteiger partial charge >= 0.3 is 5.97 Å². The van der Waals surface area contributed by atoms with Gasteiger partial charge in [-0.1, -0.05) is 0 Å². The quantitative estimate of drug-likeness (QED) is 0.875. The highest BCUT2D eigenvalue weighted by Crippen LogP contribution is 2.23. The van der Waals surface area contributed by atoms with Crippen LogP contribution in [0.4, 0.5) is 5.82 Å². The Bertz CT molecular complexity index is 500. The highest BCUT2D eigenvalue weighted by atomic mass is 16.4. The lowest BCUT2D eigenvalue weighted by atomic mass is 9.95. The Morgan fingerprint density at radius 2 is 2.05 bits per heavy atom. The number of carboxylic acids is 1. The number of anilines is 1. The summed E-state index contributed by atoms with van der Waals surface area (Å²) in [6, 6.07) is -0.796. The minimum absolute atomic E-state index is 0.0938. The van der Waals surface area contributed by atoms with E-state index in [0.717, 1.165) is 18.9 Å². The van der Waals surface area contributed by atoms with Gasteiger partial charge in [0.2, 0.25) is 5.91 Å². The molecule has 0 aromatic carbocycles. The van der Waals surface area contributed by atoms with Gasteiger partial charge in [-0.05, 0) is 19.8 Å². The van der Waals surface area contributed by atoms with Crippen LogP contribution < -0.4 is 4.90 Å². The van der Waals surface area contributed by atoms with Crippen LogP contribution in [0.5, 0.6) is 0 Å². The van der Waals surface area contributed by atoms with Crippen molar-refractivity contribution in [2.45, 2.75) is 25.8 Å². The van der Waals surface area contributed by atoms with E-state index in [9.17, 15) is 9.59 Å². The van der Waals surface area contributed by atoms with E-state index in [1.54, 1.807) is 25.6 Å². The smallest absolute Gasteiger partial charge is 0.326 e. The molecule has 0 saturated carbocycles. The molecule has 1 fully saturated rings. The Labute approximate surface area is 123 Å². The molecule has 1 aromatic heterocycles. The maximum Gasteiger partial charge on any atom is 0.326 e. The summed E-state index contributed by atoms with van der Waals surface area (Å²) in [5, 5.41) is 8.97. The molecule has 1 amide bonds. The molecular weight excluding hydrogens is 272 g/mol. The monoisotopic (exact) mass is 292 g/mol. The third-order valence-corrected chi connectivity index (χ3v) is 4.00. The number of piperidine rings is 1. The van der Waals surface area contributed by atoms with Crippen molar-refractivity contribution in [1.82, 2.24) is 14.9 Å². The Balaban J connectivity index is 1.92. The topological polar surface area (TPSA) is 86.6 Å². The summed E-state index contributed by atoms with van der Waals surface area (Å²) in [6.45, 7) is 2.98. The molecule has 7 nitrogen and oxygen atoms in total. The predicted octanol–water partition coefficient (Wildman–Crippen LogP) is 0.625. The number of aliphatic carboxylic acids is 1. The maximum atomic E-state index is 12.3. The lowest BCUT2D eigenvalue weighted by Crippen LogP contribution is -2.46. The van der Waals surface area contributed by atoms with E-state index in [1.165, 1.54) is 11.8 Å². The average Bonchev–Trinajstić information content (AvgIpc) is 2.53. The second kappa shape index (κ2) is 6.51. The van der Waals surface area contributed by atoms with Gasteiger partial charge in [0, 0.05) is 38.4 Å². The molecular formula is C14H20N4O3. The summed E-state index contributed by atoms with van der Waals surface area (Å²) < 4.78 is 0. The number of aromatic nitrogens is 2. The molecule has 114 valence electrons. The molecule has 0 radical (unpaired) electrons. The summed E-state index contributed by atoms with van der Waals surface area (Å²) in [6.07, 6.45) is 6.38. The number of hydrogen-bond acceptors (Lipinski definition) is 5. The lowest BCUT2D eigenvalue weighted by Gasteiger charge is -2.34. The molecule has 7 heteroatoms. The molecule has 1 aromatic rings. The number of hydrogen-bond donors (Lipinski definition) is 1. The number of likely N-dealkylation sites (N-methyl/N-ethyl adjacent to an activating group) is 1. The van der Waals surface area contributed by atoms with Gasteiger partial charge in [0.05, 0.1) is 6.20 Å². The molecule has 1 atom stereocenters. The highest BCUT2D eigenvalue weighted by molar-refractivity contribution is 5.84. The van der Waals surface area contributed by atoms with Crippen molar-refractivity contribution in [2.24, 2.45) is 5.92 Å². The number of amides is 1. The number of nitrogens with zero attached hydrogens (tertiary/aromatic N) is 4. The van der Waals surface area contributed by atoms with Crippen molar-refractivity contribution in [3.63, 3.8) is 0 Å². The van der Waals surface area contributed by atoms with Crippen molar-refractivity contribution in [3.8, 4) is 0 Å². The summed E-state index contributed by atoms with van der Waals surface area (Å²) in [5.41, 5.74) is 0. The van der Waals surface area contributed by atoms with E-state index in [2.05, 4.69) is 14.9 Å². The number of carbonyl (C=O) groups is 2. The van der Waals surface area contributed by atoms with Gasteiger partial charge < -0.3 is 14.9 Å². The van der Waals surface area contributed by atoms with Gasteiger partial charge in [-0.2, -0.15) is 0 Å². The molecule has 2 heterocycles. The van der Waals surface area contributed by atoms with E-state index in [0.29, 0.717) is 12.8 Å². The highest BCUT2D eigenvalue weighted by Gasteiger charge is 2.31. The normalized spacial score (nSPS) is 17.3. The first-order chi connectivity index (χ1) is 10.0. The van der Waals surface area contributed by atoms with Crippen LogP contribution >= 0.6 is 0 Å². The third-order valence-electron chi connectivity index (χ3n) is 4.00. The number of rotatable bonds is 4. The van der Waals surface area contributed by atoms with Gasteiger partial charge in [0.15, 0.2) is 0 Å². The Hall–Kier alpha value is -2.18. The minimum atomic E-state index is -0.983. The van der Waals surface area contributed by atoms with Crippen LogP contribution in [0.2, 0.25) is 0 Å². The summed E-state index contributed by atoms with van der Waals surface area (Å²) in [5.74, 6) is -0.382. The first kappa shape index (κ1) is 15.2. The fraction of sp³-hybridized carbons (Fsp3) is 0.571. The first-order valence-corrected chi connectivity index (χ1v) is 7.01. The van der Waals surface area contributed by atoms with E-state index in [1.807, 2.05) is 0 Å². The fourth-order valence-corrected chi connectivity index (χ4v) is 2.45. The second-order valence-electron chi connectivity index (χ2n) is 5.29. The van der Waals surface area contributed by atoms with Crippen LogP contribution in [0.1, 0.15) is 19.8 Å². The van der Waals surface area contributed by atoms with Gasteiger partial charge in [0.25, 0.3) is 0 Å². The van der Waals surface area contributed by atoms with E-state index in [-0.39, 0.29) is 11.8 Å². The van der Waals surface area contributed by atoms with Crippen molar-refractivity contribution in [2.75, 3.05) is 25.0 Å². The molecule has 0 bridgehead atoms. The molecule has 2 rings (SSSR count). The molecule has 0 spiro atoms. The summed E-state index contributed by atoms with van der Waals surface area (Å²) >= 11 is 0. The van der Waals surface area contributed by atoms with Crippen molar-refractivity contribution >= 4 is 17.7 Å². The maximum absolute atomic E-state index is 12.3. The van der Waals surface area contributed by atoms with Crippen molar-refractivity contribution < 1.29 is 14.7 Å². The van der Waals surface area contributed by atoms with Crippen LogP contribution in [-0.4, -0.2) is 58.0 Å². The van der Waals surface area contributed by atoms with Gasteiger partial charge in [-0.25, -0.2) is 9.78 Å². The van der Waals surface area contributed by atoms with Crippen molar-refractivity contribution in [3.05, 3.63) is 18.6 Å². The minimum Gasteiger partial charge on any atom is -0.480 e. The number of carbonyl (C=O) groups excluding carboxylic acids is 1. The average molecular weight is 292 g/mol. The Morgan fingerprint density at radius 3 is 2.57 bits per heavy atom. The summed E-state index contributed by atoms with van der Waals surface area (Å²) in [7, 11) is 1.55. The molecule has 1 aliphatic rings. The van der Waals surface area contributed by atoms with Crippen LogP contribution in [-0.2, 0) is 9.59 Å². The van der Waals surface area contributed by atoms with Crippen LogP contribution in [0.15, 0.2) is 18.6 Å². The zero-order chi connectivity index (χ0) is 15.4.